The van der Waals surface area contributed by atoms with E-state index in [1.807, 2.05) is 0 Å². The first-order valence-electron chi connectivity index (χ1n) is 5.27. The molecule has 82 valence electrons. The van der Waals surface area contributed by atoms with Crippen molar-refractivity contribution < 1.29 is 9.90 Å². The molecule has 1 unspecified atom stereocenters. The van der Waals surface area contributed by atoms with Gasteiger partial charge in [0, 0.05) is 25.7 Å². The molecule has 0 aliphatic carbocycles. The van der Waals surface area contributed by atoms with Crippen molar-refractivity contribution in [3.8, 4) is 0 Å². The molecule has 0 aromatic carbocycles. The number of aliphatic hydroxyl groups is 1. The topological polar surface area (TPSA) is 61.4 Å². The van der Waals surface area contributed by atoms with Crippen LogP contribution in [0.4, 0.5) is 0 Å². The van der Waals surface area contributed by atoms with Gasteiger partial charge in [-0.2, -0.15) is 0 Å². The van der Waals surface area contributed by atoms with Crippen LogP contribution >= 0.6 is 0 Å². The van der Waals surface area contributed by atoms with E-state index in [1.165, 1.54) is 0 Å². The summed E-state index contributed by atoms with van der Waals surface area (Å²) in [6, 6.07) is 0.105. The molecule has 4 nitrogen and oxygen atoms in total. The van der Waals surface area contributed by atoms with Crippen LogP contribution < -0.4 is 10.6 Å². The van der Waals surface area contributed by atoms with E-state index in [1.54, 1.807) is 0 Å². The highest BCUT2D eigenvalue weighted by Gasteiger charge is 2.27. The number of hydrogen-bond acceptors (Lipinski definition) is 3. The van der Waals surface area contributed by atoms with Crippen molar-refractivity contribution in [1.82, 2.24) is 10.6 Å². The van der Waals surface area contributed by atoms with Gasteiger partial charge in [0.25, 0.3) is 0 Å². The van der Waals surface area contributed by atoms with Crippen molar-refractivity contribution >= 4 is 5.91 Å². The molecule has 1 atom stereocenters. The number of aliphatic hydroxyl groups excluding tert-OH is 1. The summed E-state index contributed by atoms with van der Waals surface area (Å²) < 4.78 is 0. The van der Waals surface area contributed by atoms with Gasteiger partial charge in [-0.15, -0.1) is 0 Å². The monoisotopic (exact) mass is 200 g/mol. The number of amides is 1. The second kappa shape index (κ2) is 5.32. The molecule has 3 N–H and O–H groups in total. The molecule has 4 heteroatoms. The number of carbonyl (C=O) groups is 1. The third-order valence-corrected chi connectivity index (χ3v) is 2.72. The maximum absolute atomic E-state index is 11.6. The van der Waals surface area contributed by atoms with Crippen LogP contribution in [0.25, 0.3) is 0 Å². The highest BCUT2D eigenvalue weighted by molar-refractivity contribution is 5.80. The molecule has 0 bridgehead atoms. The fraction of sp³-hybridized carbons (Fsp3) is 0.900. The number of nitrogens with one attached hydrogen (secondary N) is 2. The molecule has 14 heavy (non-hydrogen) atoms. The predicted octanol–water partition coefficient (Wildman–Crippen LogP) is -0.271. The van der Waals surface area contributed by atoms with Gasteiger partial charge in [-0.05, 0) is 12.3 Å². The van der Waals surface area contributed by atoms with Crippen molar-refractivity contribution in [1.29, 1.82) is 0 Å². The standard InChI is InChI=1S/C10H20N2O2/c1-7(2)9(3-4-13)12-10(14)8-5-11-6-8/h7-9,11,13H,3-6H2,1-2H3,(H,12,14). The predicted molar refractivity (Wildman–Crippen MR) is 54.8 cm³/mol. The molecule has 1 heterocycles. The van der Waals surface area contributed by atoms with E-state index < -0.39 is 0 Å². The van der Waals surface area contributed by atoms with E-state index in [0.29, 0.717) is 12.3 Å². The van der Waals surface area contributed by atoms with Crippen molar-refractivity contribution in [2.45, 2.75) is 26.3 Å². The Morgan fingerprint density at radius 2 is 2.21 bits per heavy atom. The highest BCUT2D eigenvalue weighted by Crippen LogP contribution is 2.09. The van der Waals surface area contributed by atoms with Gasteiger partial charge in [0.1, 0.15) is 0 Å². The Kier molecular flexibility index (Phi) is 4.35. The Morgan fingerprint density at radius 1 is 1.57 bits per heavy atom. The van der Waals surface area contributed by atoms with Crippen LogP contribution in [-0.4, -0.2) is 36.8 Å². The first-order chi connectivity index (χ1) is 6.65. The van der Waals surface area contributed by atoms with Crippen molar-refractivity contribution in [2.75, 3.05) is 19.7 Å². The van der Waals surface area contributed by atoms with Crippen LogP contribution in [0.2, 0.25) is 0 Å². The van der Waals surface area contributed by atoms with Crippen LogP contribution in [0.5, 0.6) is 0 Å². The molecule has 1 amide bonds. The van der Waals surface area contributed by atoms with Crippen molar-refractivity contribution in [2.24, 2.45) is 11.8 Å². The van der Waals surface area contributed by atoms with E-state index in [2.05, 4.69) is 24.5 Å². The molecular weight excluding hydrogens is 180 g/mol. The van der Waals surface area contributed by atoms with Gasteiger partial charge in [0.15, 0.2) is 0 Å². The Balaban J connectivity index is 2.33. The molecule has 0 spiro atoms. The molecule has 0 saturated carbocycles. The molecule has 1 saturated heterocycles. The highest BCUT2D eigenvalue weighted by atomic mass is 16.3. The largest absolute Gasteiger partial charge is 0.396 e. The van der Waals surface area contributed by atoms with E-state index in [9.17, 15) is 4.79 Å². The van der Waals surface area contributed by atoms with Crippen LogP contribution in [0.15, 0.2) is 0 Å². The Bertz CT molecular complexity index is 191. The summed E-state index contributed by atoms with van der Waals surface area (Å²) in [5.74, 6) is 0.630. The fourth-order valence-corrected chi connectivity index (χ4v) is 1.49. The summed E-state index contributed by atoms with van der Waals surface area (Å²) in [4.78, 5) is 11.6. The lowest BCUT2D eigenvalue weighted by Crippen LogP contribution is -2.53. The summed E-state index contributed by atoms with van der Waals surface area (Å²) in [6.45, 7) is 5.82. The minimum Gasteiger partial charge on any atom is -0.396 e. The van der Waals surface area contributed by atoms with Crippen molar-refractivity contribution in [3.05, 3.63) is 0 Å². The van der Waals surface area contributed by atoms with E-state index >= 15 is 0 Å². The summed E-state index contributed by atoms with van der Waals surface area (Å²) in [7, 11) is 0. The lowest BCUT2D eigenvalue weighted by molar-refractivity contribution is -0.127. The smallest absolute Gasteiger partial charge is 0.225 e. The first-order valence-corrected chi connectivity index (χ1v) is 5.27. The van der Waals surface area contributed by atoms with Gasteiger partial charge in [-0.25, -0.2) is 0 Å². The number of carbonyl (C=O) groups excluding carboxylic acids is 1. The normalized spacial score (nSPS) is 19.1. The Labute approximate surface area is 85.1 Å². The second-order valence-electron chi connectivity index (χ2n) is 4.23. The third-order valence-electron chi connectivity index (χ3n) is 2.72. The zero-order valence-corrected chi connectivity index (χ0v) is 8.92. The van der Waals surface area contributed by atoms with E-state index in [0.717, 1.165) is 13.1 Å². The van der Waals surface area contributed by atoms with Crippen molar-refractivity contribution in [3.63, 3.8) is 0 Å². The molecule has 0 radical (unpaired) electrons. The molecule has 1 aliphatic rings. The second-order valence-corrected chi connectivity index (χ2v) is 4.23. The van der Waals surface area contributed by atoms with Gasteiger partial charge in [-0.1, -0.05) is 13.8 Å². The summed E-state index contributed by atoms with van der Waals surface area (Å²) >= 11 is 0. The van der Waals surface area contributed by atoms with Gasteiger partial charge in [0.2, 0.25) is 5.91 Å². The summed E-state index contributed by atoms with van der Waals surface area (Å²) in [5.41, 5.74) is 0. The van der Waals surface area contributed by atoms with Crippen LogP contribution in [-0.2, 0) is 4.79 Å². The van der Waals surface area contributed by atoms with Crippen LogP contribution in [0.3, 0.4) is 0 Å². The number of hydrogen-bond donors (Lipinski definition) is 3. The minimum absolute atomic E-state index is 0.105. The van der Waals surface area contributed by atoms with Crippen LogP contribution in [0.1, 0.15) is 20.3 Å². The molecule has 1 rings (SSSR count). The summed E-state index contributed by atoms with van der Waals surface area (Å²) in [5, 5.41) is 14.9. The zero-order valence-electron chi connectivity index (χ0n) is 8.92. The molecular formula is C10H20N2O2. The SMILES string of the molecule is CC(C)C(CCO)NC(=O)C1CNC1. The lowest BCUT2D eigenvalue weighted by Gasteiger charge is -2.29. The average molecular weight is 200 g/mol. The molecule has 1 aliphatic heterocycles. The van der Waals surface area contributed by atoms with Gasteiger partial charge in [-0.3, -0.25) is 4.79 Å². The zero-order chi connectivity index (χ0) is 10.6. The maximum Gasteiger partial charge on any atom is 0.225 e. The van der Waals surface area contributed by atoms with Crippen LogP contribution in [0, 0.1) is 11.8 Å². The molecule has 0 aromatic rings. The minimum atomic E-state index is 0.105. The number of rotatable bonds is 5. The van der Waals surface area contributed by atoms with E-state index in [-0.39, 0.29) is 24.5 Å². The average Bonchev–Trinajstić information content (AvgIpc) is 1.99. The Morgan fingerprint density at radius 3 is 2.57 bits per heavy atom. The molecule has 1 fully saturated rings. The lowest BCUT2D eigenvalue weighted by atomic mass is 9.98. The van der Waals surface area contributed by atoms with Gasteiger partial charge in [0.05, 0.1) is 5.92 Å². The quantitative estimate of drug-likeness (QED) is 0.572. The van der Waals surface area contributed by atoms with E-state index in [4.69, 9.17) is 5.11 Å². The maximum atomic E-state index is 11.6. The fourth-order valence-electron chi connectivity index (χ4n) is 1.49. The summed E-state index contributed by atoms with van der Waals surface area (Å²) in [6.07, 6.45) is 0.642. The van der Waals surface area contributed by atoms with Gasteiger partial charge >= 0.3 is 0 Å². The van der Waals surface area contributed by atoms with Gasteiger partial charge < -0.3 is 15.7 Å². The third kappa shape index (κ3) is 2.96. The molecule has 0 aromatic heterocycles. The first kappa shape index (κ1) is 11.5. The Hall–Kier alpha value is -0.610.